The quantitative estimate of drug-likeness (QED) is 0.548. The van der Waals surface area contributed by atoms with E-state index in [0.717, 1.165) is 4.90 Å². The fourth-order valence-electron chi connectivity index (χ4n) is 3.08. The van der Waals surface area contributed by atoms with Gasteiger partial charge in [0.15, 0.2) is 0 Å². The average molecular weight is 451 g/mol. The van der Waals surface area contributed by atoms with Gasteiger partial charge in [0.2, 0.25) is 17.8 Å². The third kappa shape index (κ3) is 4.47. The van der Waals surface area contributed by atoms with Crippen molar-refractivity contribution in [2.75, 3.05) is 14.9 Å². The molecule has 1 fully saturated rings. The van der Waals surface area contributed by atoms with Crippen molar-refractivity contribution in [3.8, 4) is 0 Å². The molecule has 0 radical (unpaired) electrons. The first-order valence-corrected chi connectivity index (χ1v) is 11.0. The van der Waals surface area contributed by atoms with Gasteiger partial charge in [0.05, 0.1) is 10.6 Å². The summed E-state index contributed by atoms with van der Waals surface area (Å²) in [6.07, 6.45) is 3.19. The van der Waals surface area contributed by atoms with Crippen LogP contribution < -0.4 is 14.9 Å². The highest BCUT2D eigenvalue weighted by molar-refractivity contribution is 7.92. The number of carbonyl (C=O) groups is 3. The molecule has 1 aromatic heterocycles. The van der Waals surface area contributed by atoms with Crippen LogP contribution in [0.3, 0.4) is 0 Å². The normalized spacial score (nSPS) is 13.8. The van der Waals surface area contributed by atoms with Crippen molar-refractivity contribution in [3.63, 3.8) is 0 Å². The molecule has 11 heteroatoms. The Morgan fingerprint density at radius 1 is 0.875 bits per heavy atom. The molecule has 1 saturated heterocycles. The molecule has 2 heterocycles. The first kappa shape index (κ1) is 21.1. The number of aromatic nitrogens is 2. The molecular formula is C21H17N5O5S. The summed E-state index contributed by atoms with van der Waals surface area (Å²) in [7, 11) is -3.88. The lowest BCUT2D eigenvalue weighted by molar-refractivity contribution is -0.121. The minimum atomic E-state index is -3.88. The van der Waals surface area contributed by atoms with Crippen molar-refractivity contribution in [1.29, 1.82) is 0 Å². The zero-order valence-corrected chi connectivity index (χ0v) is 17.4. The van der Waals surface area contributed by atoms with E-state index in [9.17, 15) is 22.8 Å². The Morgan fingerprint density at radius 3 is 2.06 bits per heavy atom. The zero-order chi connectivity index (χ0) is 22.7. The first-order valence-electron chi connectivity index (χ1n) is 9.50. The topological polar surface area (TPSA) is 138 Å². The molecule has 4 rings (SSSR count). The number of hydrogen-bond acceptors (Lipinski definition) is 7. The summed E-state index contributed by atoms with van der Waals surface area (Å²) in [6.45, 7) is 0. The summed E-state index contributed by atoms with van der Waals surface area (Å²) in [5, 5.41) is 2.67. The fourth-order valence-corrected chi connectivity index (χ4v) is 4.04. The maximum Gasteiger partial charge on any atom is 0.264 e. The maximum absolute atomic E-state index is 12.5. The third-order valence-corrected chi connectivity index (χ3v) is 6.00. The van der Waals surface area contributed by atoms with Crippen molar-refractivity contribution in [2.24, 2.45) is 0 Å². The highest BCUT2D eigenvalue weighted by Crippen LogP contribution is 2.23. The van der Waals surface area contributed by atoms with Gasteiger partial charge in [-0.25, -0.2) is 23.1 Å². The first-order chi connectivity index (χ1) is 15.3. The molecule has 3 amide bonds. The van der Waals surface area contributed by atoms with Gasteiger partial charge in [-0.15, -0.1) is 0 Å². The molecule has 0 atom stereocenters. The van der Waals surface area contributed by atoms with Gasteiger partial charge in [-0.2, -0.15) is 0 Å². The van der Waals surface area contributed by atoms with E-state index >= 15 is 0 Å². The van der Waals surface area contributed by atoms with Crippen molar-refractivity contribution >= 4 is 45.1 Å². The SMILES string of the molecule is O=C(Nc1ccc(S(=O)(=O)Nc2ncccn2)cc1)c1ccc(N2C(=O)CCC2=O)cc1. The van der Waals surface area contributed by atoms with Gasteiger partial charge in [0.25, 0.3) is 15.9 Å². The lowest BCUT2D eigenvalue weighted by atomic mass is 10.1. The Bertz CT molecular complexity index is 1260. The lowest BCUT2D eigenvalue weighted by Gasteiger charge is -2.14. The average Bonchev–Trinajstić information content (AvgIpc) is 3.12. The van der Waals surface area contributed by atoms with Gasteiger partial charge in [0, 0.05) is 36.5 Å². The Labute approximate surface area is 183 Å². The largest absolute Gasteiger partial charge is 0.322 e. The number of sulfonamides is 1. The van der Waals surface area contributed by atoms with Gasteiger partial charge in [-0.1, -0.05) is 0 Å². The van der Waals surface area contributed by atoms with Crippen molar-refractivity contribution < 1.29 is 22.8 Å². The maximum atomic E-state index is 12.5. The van der Waals surface area contributed by atoms with Gasteiger partial charge < -0.3 is 5.32 Å². The summed E-state index contributed by atoms with van der Waals surface area (Å²) < 4.78 is 27.1. The predicted octanol–water partition coefficient (Wildman–Crippen LogP) is 2.18. The number of rotatable bonds is 6. The smallest absolute Gasteiger partial charge is 0.264 e. The van der Waals surface area contributed by atoms with Gasteiger partial charge in [0.1, 0.15) is 0 Å². The summed E-state index contributed by atoms with van der Waals surface area (Å²) in [6, 6.07) is 13.2. The standard InChI is InChI=1S/C21H17N5O5S/c27-18-10-11-19(28)26(18)16-6-2-14(3-7-16)20(29)24-15-4-8-17(9-5-15)32(30,31)25-21-22-12-1-13-23-21/h1-9,12-13H,10-11H2,(H,24,29)(H,22,23,25). The molecule has 0 bridgehead atoms. The van der Waals surface area contributed by atoms with E-state index in [4.69, 9.17) is 0 Å². The molecule has 32 heavy (non-hydrogen) atoms. The number of hydrogen-bond donors (Lipinski definition) is 2. The second kappa shape index (κ2) is 8.55. The molecule has 162 valence electrons. The van der Waals surface area contributed by atoms with Crippen LogP contribution in [0.25, 0.3) is 0 Å². The lowest BCUT2D eigenvalue weighted by Crippen LogP contribution is -2.28. The molecule has 1 aliphatic heterocycles. The summed E-state index contributed by atoms with van der Waals surface area (Å²) in [5.74, 6) is -1.01. The minimum absolute atomic E-state index is 0.0211. The van der Waals surface area contributed by atoms with Gasteiger partial charge in [-0.05, 0) is 54.6 Å². The molecule has 1 aliphatic rings. The van der Waals surface area contributed by atoms with E-state index in [1.54, 1.807) is 6.07 Å². The van der Waals surface area contributed by atoms with Crippen LogP contribution in [0, 0.1) is 0 Å². The number of anilines is 3. The molecular weight excluding hydrogens is 434 g/mol. The molecule has 10 nitrogen and oxygen atoms in total. The summed E-state index contributed by atoms with van der Waals surface area (Å²) >= 11 is 0. The zero-order valence-electron chi connectivity index (χ0n) is 16.6. The van der Waals surface area contributed by atoms with E-state index in [2.05, 4.69) is 20.0 Å². The molecule has 3 aromatic rings. The minimum Gasteiger partial charge on any atom is -0.322 e. The predicted molar refractivity (Wildman–Crippen MR) is 115 cm³/mol. The number of amides is 3. The molecule has 0 unspecified atom stereocenters. The summed E-state index contributed by atoms with van der Waals surface area (Å²) in [5.41, 5.74) is 1.12. The number of imide groups is 1. The van der Waals surface area contributed by atoms with E-state index in [1.165, 1.54) is 60.9 Å². The van der Waals surface area contributed by atoms with Gasteiger partial charge in [-0.3, -0.25) is 19.3 Å². The van der Waals surface area contributed by atoms with Crippen molar-refractivity contribution in [3.05, 3.63) is 72.6 Å². The molecule has 2 N–H and O–H groups in total. The van der Waals surface area contributed by atoms with Crippen molar-refractivity contribution in [1.82, 2.24) is 9.97 Å². The van der Waals surface area contributed by atoms with E-state index in [0.29, 0.717) is 16.9 Å². The highest BCUT2D eigenvalue weighted by Gasteiger charge is 2.30. The number of nitrogens with one attached hydrogen (secondary N) is 2. The summed E-state index contributed by atoms with van der Waals surface area (Å²) in [4.78, 5) is 44.9. The Morgan fingerprint density at radius 2 is 1.47 bits per heavy atom. The number of nitrogens with zero attached hydrogens (tertiary/aromatic N) is 3. The fraction of sp³-hybridized carbons (Fsp3) is 0.0952. The van der Waals surface area contributed by atoms with Crippen LogP contribution in [-0.4, -0.2) is 36.1 Å². The van der Waals surface area contributed by atoms with Crippen LogP contribution in [0.4, 0.5) is 17.3 Å². The van der Waals surface area contributed by atoms with Crippen LogP contribution in [0.2, 0.25) is 0 Å². The number of carbonyl (C=O) groups excluding carboxylic acids is 3. The monoisotopic (exact) mass is 451 g/mol. The Balaban J connectivity index is 1.42. The highest BCUT2D eigenvalue weighted by atomic mass is 32.2. The van der Waals surface area contributed by atoms with E-state index < -0.39 is 15.9 Å². The molecule has 0 spiro atoms. The molecule has 0 saturated carbocycles. The van der Waals surface area contributed by atoms with Crippen LogP contribution in [0.5, 0.6) is 0 Å². The van der Waals surface area contributed by atoms with Crippen LogP contribution in [-0.2, 0) is 19.6 Å². The Hall–Kier alpha value is -4.12. The third-order valence-electron chi connectivity index (χ3n) is 4.65. The van der Waals surface area contributed by atoms with E-state index in [1.807, 2.05) is 0 Å². The van der Waals surface area contributed by atoms with Gasteiger partial charge >= 0.3 is 0 Å². The van der Waals surface area contributed by atoms with Crippen LogP contribution in [0.1, 0.15) is 23.2 Å². The van der Waals surface area contributed by atoms with E-state index in [-0.39, 0.29) is 35.5 Å². The van der Waals surface area contributed by atoms with Crippen LogP contribution in [0.15, 0.2) is 71.9 Å². The number of benzene rings is 2. The molecule has 0 aliphatic carbocycles. The van der Waals surface area contributed by atoms with Crippen molar-refractivity contribution in [2.45, 2.75) is 17.7 Å². The Kier molecular flexibility index (Phi) is 5.65. The molecule has 2 aromatic carbocycles. The second-order valence-corrected chi connectivity index (χ2v) is 8.51. The second-order valence-electron chi connectivity index (χ2n) is 6.83. The van der Waals surface area contributed by atoms with Crippen LogP contribution >= 0.6 is 0 Å².